The smallest absolute Gasteiger partial charge is 0.328 e. The normalized spacial score (nSPS) is 12.2. The number of carbonyl (C=O) groups excluding carboxylic acids is 2. The molecule has 1 N–H and O–H groups in total. The maximum absolute atomic E-state index is 12.3. The highest BCUT2D eigenvalue weighted by molar-refractivity contribution is 7.80. The number of esters is 1. The molecule has 0 heterocycles. The zero-order valence-corrected chi connectivity index (χ0v) is 15.1. The Morgan fingerprint density at radius 2 is 1.87 bits per heavy atom. The number of rotatable bonds is 6. The van der Waals surface area contributed by atoms with Crippen LogP contribution in [0.4, 0.5) is 0 Å². The summed E-state index contributed by atoms with van der Waals surface area (Å²) < 4.78 is 5.01. The van der Waals surface area contributed by atoms with Gasteiger partial charge in [-0.3, -0.25) is 4.79 Å². The van der Waals surface area contributed by atoms with E-state index in [9.17, 15) is 9.59 Å². The van der Waals surface area contributed by atoms with Gasteiger partial charge in [-0.15, -0.1) is 0 Å². The van der Waals surface area contributed by atoms with Gasteiger partial charge in [-0.2, -0.15) is 0 Å². The molecule has 0 spiro atoms. The number of thiocarbonyl (C=S) groups is 1. The minimum absolute atomic E-state index is 0.213. The van der Waals surface area contributed by atoms with Crippen LogP contribution in [0.2, 0.25) is 0 Å². The van der Waals surface area contributed by atoms with Crippen molar-refractivity contribution in [2.75, 3.05) is 13.7 Å². The molecule has 0 bridgehead atoms. The molecule has 6 heteroatoms. The number of nitrogens with zero attached hydrogens (tertiary/aromatic N) is 1. The van der Waals surface area contributed by atoms with Crippen molar-refractivity contribution in [3.8, 4) is 0 Å². The Bertz CT molecular complexity index is 572. The van der Waals surface area contributed by atoms with Crippen LogP contribution in [0.15, 0.2) is 30.3 Å². The van der Waals surface area contributed by atoms with Crippen molar-refractivity contribution in [2.24, 2.45) is 0 Å². The van der Waals surface area contributed by atoms with Crippen LogP contribution in [0.3, 0.4) is 0 Å². The number of hydrogen-bond donors (Lipinski definition) is 1. The van der Waals surface area contributed by atoms with Crippen molar-refractivity contribution < 1.29 is 14.3 Å². The predicted octanol–water partition coefficient (Wildman–Crippen LogP) is 2.41. The molecular weight excluding hydrogens is 312 g/mol. The van der Waals surface area contributed by atoms with E-state index >= 15 is 0 Å². The Morgan fingerprint density at radius 3 is 2.39 bits per heavy atom. The third-order valence-corrected chi connectivity index (χ3v) is 4.32. The molecule has 1 amide bonds. The largest absolute Gasteiger partial charge is 0.464 e. The highest BCUT2D eigenvalue weighted by atomic mass is 32.1. The molecule has 0 fully saturated rings. The minimum Gasteiger partial charge on any atom is -0.464 e. The van der Waals surface area contributed by atoms with Gasteiger partial charge in [0.2, 0.25) is 0 Å². The lowest BCUT2D eigenvalue weighted by atomic mass is 10.0. The summed E-state index contributed by atoms with van der Waals surface area (Å²) in [5.74, 6) is -0.558. The molecule has 0 aliphatic rings. The molecule has 23 heavy (non-hydrogen) atoms. The maximum atomic E-state index is 12.3. The molecular formula is C17H24N2O3S. The molecule has 0 saturated carbocycles. The first-order chi connectivity index (χ1) is 10.7. The van der Waals surface area contributed by atoms with E-state index in [0.29, 0.717) is 17.2 Å². The second-order valence-corrected chi connectivity index (χ2v) is 6.18. The van der Waals surface area contributed by atoms with E-state index < -0.39 is 11.6 Å². The van der Waals surface area contributed by atoms with Crippen LogP contribution < -0.4 is 5.32 Å². The van der Waals surface area contributed by atoms with Crippen LogP contribution in [0.1, 0.15) is 38.1 Å². The SMILES string of the molecule is CCOC(=O)[C@@H](C)N(C)C(=S)C(C)(C)NC(=O)c1ccccc1. The van der Waals surface area contributed by atoms with Crippen LogP contribution >= 0.6 is 12.2 Å². The summed E-state index contributed by atoms with van der Waals surface area (Å²) in [6, 6.07) is 8.40. The first kappa shape index (κ1) is 19.1. The number of amides is 1. The first-order valence-corrected chi connectivity index (χ1v) is 7.93. The average Bonchev–Trinajstić information content (AvgIpc) is 2.53. The van der Waals surface area contributed by atoms with E-state index in [0.717, 1.165) is 0 Å². The van der Waals surface area contributed by atoms with E-state index in [1.807, 2.05) is 19.9 Å². The van der Waals surface area contributed by atoms with Gasteiger partial charge in [0.15, 0.2) is 0 Å². The lowest BCUT2D eigenvalue weighted by Crippen LogP contribution is -2.57. The molecule has 1 rings (SSSR count). The van der Waals surface area contributed by atoms with Crippen molar-refractivity contribution in [2.45, 2.75) is 39.3 Å². The Hall–Kier alpha value is -1.95. The van der Waals surface area contributed by atoms with Gasteiger partial charge in [-0.1, -0.05) is 30.4 Å². The second-order valence-electron chi connectivity index (χ2n) is 5.79. The van der Waals surface area contributed by atoms with Gasteiger partial charge < -0.3 is 15.0 Å². The highest BCUT2D eigenvalue weighted by Gasteiger charge is 2.32. The van der Waals surface area contributed by atoms with Crippen molar-refractivity contribution >= 4 is 29.1 Å². The molecule has 1 atom stereocenters. The summed E-state index contributed by atoms with van der Waals surface area (Å²) in [7, 11) is 1.72. The van der Waals surface area contributed by atoms with Gasteiger partial charge in [0.1, 0.15) is 11.0 Å². The average molecular weight is 336 g/mol. The fourth-order valence-electron chi connectivity index (χ4n) is 2.04. The molecule has 0 radical (unpaired) electrons. The fourth-order valence-corrected chi connectivity index (χ4v) is 2.25. The number of hydrogen-bond acceptors (Lipinski definition) is 4. The fraction of sp³-hybridized carbons (Fsp3) is 0.471. The summed E-state index contributed by atoms with van der Waals surface area (Å²) in [4.78, 5) is 26.3. The Kier molecular flexibility index (Phi) is 6.69. The lowest BCUT2D eigenvalue weighted by molar-refractivity contribution is -0.147. The summed E-state index contributed by atoms with van der Waals surface area (Å²) in [6.07, 6.45) is 0. The standard InChI is InChI=1S/C17H24N2O3S/c1-6-22-15(21)12(2)19(5)16(23)17(3,4)18-14(20)13-10-8-7-9-11-13/h7-12H,6H2,1-5H3,(H,18,20)/t12-/m1/s1. The first-order valence-electron chi connectivity index (χ1n) is 7.52. The van der Waals surface area contributed by atoms with Gasteiger partial charge in [0, 0.05) is 12.6 Å². The van der Waals surface area contributed by atoms with E-state index in [-0.39, 0.29) is 11.9 Å². The number of nitrogens with one attached hydrogen (secondary N) is 1. The van der Waals surface area contributed by atoms with E-state index in [4.69, 9.17) is 17.0 Å². The second kappa shape index (κ2) is 8.06. The Balaban J connectivity index is 2.80. The van der Waals surface area contributed by atoms with Gasteiger partial charge in [-0.05, 0) is 39.8 Å². The topological polar surface area (TPSA) is 58.6 Å². The predicted molar refractivity (Wildman–Crippen MR) is 94.4 cm³/mol. The highest BCUT2D eigenvalue weighted by Crippen LogP contribution is 2.14. The summed E-state index contributed by atoms with van der Waals surface area (Å²) in [5.41, 5.74) is -0.220. The summed E-state index contributed by atoms with van der Waals surface area (Å²) in [6.45, 7) is 7.42. The van der Waals surface area contributed by atoms with Gasteiger partial charge in [-0.25, -0.2) is 4.79 Å². The quantitative estimate of drug-likeness (QED) is 0.638. The molecule has 0 aliphatic carbocycles. The van der Waals surface area contributed by atoms with Crippen LogP contribution in [-0.2, 0) is 9.53 Å². The van der Waals surface area contributed by atoms with E-state index in [2.05, 4.69) is 5.32 Å². The zero-order valence-electron chi connectivity index (χ0n) is 14.3. The minimum atomic E-state index is -0.780. The monoisotopic (exact) mass is 336 g/mol. The Labute approximate surface area is 143 Å². The zero-order chi connectivity index (χ0) is 17.6. The van der Waals surface area contributed by atoms with E-state index in [1.165, 1.54) is 0 Å². The molecule has 5 nitrogen and oxygen atoms in total. The van der Waals surface area contributed by atoms with Crippen LogP contribution in [0, 0.1) is 0 Å². The van der Waals surface area contributed by atoms with Gasteiger partial charge >= 0.3 is 5.97 Å². The van der Waals surface area contributed by atoms with Gasteiger partial charge in [0.05, 0.1) is 12.1 Å². The number of likely N-dealkylation sites (N-methyl/N-ethyl adjacent to an activating group) is 1. The molecule has 1 aromatic carbocycles. The summed E-state index contributed by atoms with van der Waals surface area (Å²) >= 11 is 5.46. The van der Waals surface area contributed by atoms with Crippen molar-refractivity contribution in [1.29, 1.82) is 0 Å². The molecule has 126 valence electrons. The van der Waals surface area contributed by atoms with Crippen LogP contribution in [0.5, 0.6) is 0 Å². The molecule has 0 aliphatic heterocycles. The van der Waals surface area contributed by atoms with Crippen LogP contribution in [-0.4, -0.2) is 47.0 Å². The molecule has 0 aromatic heterocycles. The Morgan fingerprint density at radius 1 is 1.30 bits per heavy atom. The van der Waals surface area contributed by atoms with Gasteiger partial charge in [0.25, 0.3) is 5.91 Å². The van der Waals surface area contributed by atoms with Crippen LogP contribution in [0.25, 0.3) is 0 Å². The van der Waals surface area contributed by atoms with Crippen molar-refractivity contribution in [3.63, 3.8) is 0 Å². The lowest BCUT2D eigenvalue weighted by Gasteiger charge is -2.35. The third kappa shape index (κ3) is 5.03. The van der Waals surface area contributed by atoms with E-state index in [1.54, 1.807) is 50.1 Å². The molecule has 1 aromatic rings. The van der Waals surface area contributed by atoms with Crippen molar-refractivity contribution in [1.82, 2.24) is 10.2 Å². The molecule has 0 saturated heterocycles. The van der Waals surface area contributed by atoms with Crippen molar-refractivity contribution in [3.05, 3.63) is 35.9 Å². The maximum Gasteiger partial charge on any atom is 0.328 e. The number of benzene rings is 1. The molecule has 0 unspecified atom stereocenters. The number of ether oxygens (including phenoxy) is 1. The number of carbonyl (C=O) groups is 2. The third-order valence-electron chi connectivity index (χ3n) is 3.53. The summed E-state index contributed by atoms with van der Waals surface area (Å²) in [5, 5.41) is 2.91.